The third-order valence-electron chi connectivity index (χ3n) is 2.63. The van der Waals surface area contributed by atoms with Gasteiger partial charge >= 0.3 is 0 Å². The zero-order chi connectivity index (χ0) is 9.38. The molecule has 0 aliphatic rings. The fraction of sp³-hybridized carbons (Fsp3) is 0. The van der Waals surface area contributed by atoms with Gasteiger partial charge in [-0.2, -0.15) is 0 Å². The molecule has 0 N–H and O–H groups in total. The lowest BCUT2D eigenvalue weighted by Crippen LogP contribution is -1.57. The van der Waals surface area contributed by atoms with Crippen molar-refractivity contribution in [3.8, 4) is 0 Å². The zero-order valence-corrected chi connectivity index (χ0v) is 7.77. The molecule has 0 spiro atoms. The summed E-state index contributed by atoms with van der Waals surface area (Å²) in [5.74, 6) is 0. The number of hydrogen-bond acceptors (Lipinski definition) is 0. The van der Waals surface area contributed by atoms with Crippen LogP contribution in [0.2, 0.25) is 0 Å². The molecule has 66 valence electrons. The fourth-order valence-corrected chi connectivity index (χ4v) is 1.98. The molecule has 0 amide bonds. The summed E-state index contributed by atoms with van der Waals surface area (Å²) in [6, 6.07) is 21.4. The second kappa shape index (κ2) is 2.85. The van der Waals surface area contributed by atoms with Crippen LogP contribution in [0.5, 0.6) is 0 Å². The predicted molar refractivity (Wildman–Crippen MR) is 61.5 cm³/mol. The van der Waals surface area contributed by atoms with Gasteiger partial charge in [0, 0.05) is 0 Å². The van der Waals surface area contributed by atoms with Crippen molar-refractivity contribution in [2.75, 3.05) is 0 Å². The second-order valence-corrected chi connectivity index (χ2v) is 3.51. The van der Waals surface area contributed by atoms with E-state index in [1.54, 1.807) is 0 Å². The average molecular weight is 178 g/mol. The van der Waals surface area contributed by atoms with Crippen LogP contribution in [0.1, 0.15) is 0 Å². The Labute approximate surface area is 82.8 Å². The van der Waals surface area contributed by atoms with Gasteiger partial charge in [0.1, 0.15) is 0 Å². The number of rotatable bonds is 0. The third kappa shape index (κ3) is 1.01. The first-order valence-electron chi connectivity index (χ1n) is 4.82. The van der Waals surface area contributed by atoms with Gasteiger partial charge in [-0.25, -0.2) is 0 Å². The van der Waals surface area contributed by atoms with E-state index in [1.807, 2.05) is 0 Å². The van der Waals surface area contributed by atoms with Crippen molar-refractivity contribution in [2.24, 2.45) is 0 Å². The van der Waals surface area contributed by atoms with E-state index in [4.69, 9.17) is 0 Å². The Morgan fingerprint density at radius 1 is 0.429 bits per heavy atom. The fourth-order valence-electron chi connectivity index (χ4n) is 1.98. The van der Waals surface area contributed by atoms with Crippen molar-refractivity contribution in [3.05, 3.63) is 60.7 Å². The predicted octanol–water partition coefficient (Wildman–Crippen LogP) is 3.99. The molecule has 14 heavy (non-hydrogen) atoms. The average Bonchev–Trinajstić information content (AvgIpc) is 2.37. The van der Waals surface area contributed by atoms with Crippen LogP contribution in [0.3, 0.4) is 0 Å². The van der Waals surface area contributed by atoms with E-state index in [-0.39, 0.29) is 0 Å². The first-order valence-corrected chi connectivity index (χ1v) is 4.82. The smallest absolute Gasteiger partial charge is 0.00389 e. The lowest BCUT2D eigenvalue weighted by atomic mass is 10.2. The molecule has 3 aromatic carbocycles. The summed E-state index contributed by atoms with van der Waals surface area (Å²) in [7, 11) is 0. The van der Waals surface area contributed by atoms with Crippen LogP contribution in [-0.4, -0.2) is 0 Å². The van der Waals surface area contributed by atoms with Crippen LogP contribution >= 0.6 is 0 Å². The lowest BCUT2D eigenvalue weighted by Gasteiger charge is -1.85. The Balaban J connectivity index is 2.75. The summed E-state index contributed by atoms with van der Waals surface area (Å²) in [5, 5.41) is 5.29. The van der Waals surface area contributed by atoms with E-state index < -0.39 is 0 Å². The van der Waals surface area contributed by atoms with Gasteiger partial charge < -0.3 is 0 Å². The molecule has 0 bridgehead atoms. The summed E-state index contributed by atoms with van der Waals surface area (Å²) in [4.78, 5) is 0. The van der Waals surface area contributed by atoms with Gasteiger partial charge in [-0.3, -0.25) is 0 Å². The number of hydrogen-bond donors (Lipinski definition) is 0. The van der Waals surface area contributed by atoms with E-state index in [0.717, 1.165) is 0 Å². The topological polar surface area (TPSA) is 0 Å². The molecule has 0 radical (unpaired) electrons. The normalized spacial score (nSPS) is 10.9. The minimum atomic E-state index is 1.30. The lowest BCUT2D eigenvalue weighted by molar-refractivity contribution is 1.88. The van der Waals surface area contributed by atoms with Crippen LogP contribution in [0.25, 0.3) is 21.5 Å². The molecule has 0 aliphatic heterocycles. The highest BCUT2D eigenvalue weighted by molar-refractivity contribution is 6.10. The zero-order valence-electron chi connectivity index (χ0n) is 7.77. The highest BCUT2D eigenvalue weighted by Crippen LogP contribution is 2.25. The first kappa shape index (κ1) is 7.57. The van der Waals surface area contributed by atoms with Gasteiger partial charge in [-0.1, -0.05) is 60.7 Å². The largest absolute Gasteiger partial charge is 0.0616 e. The second-order valence-electron chi connectivity index (χ2n) is 3.51. The minimum Gasteiger partial charge on any atom is -0.0616 e. The molecule has 0 saturated carbocycles. The highest BCUT2D eigenvalue weighted by Gasteiger charge is 1.98. The van der Waals surface area contributed by atoms with Crippen LogP contribution in [0.4, 0.5) is 0 Å². The van der Waals surface area contributed by atoms with Crippen molar-refractivity contribution >= 4 is 21.5 Å². The molecule has 0 heteroatoms. The Morgan fingerprint density at radius 2 is 0.786 bits per heavy atom. The molecule has 0 nitrogen and oxygen atoms in total. The van der Waals surface area contributed by atoms with Gasteiger partial charge in [0.2, 0.25) is 0 Å². The monoisotopic (exact) mass is 178 g/mol. The minimum absolute atomic E-state index is 1.30. The molecule has 0 aliphatic carbocycles. The van der Waals surface area contributed by atoms with Gasteiger partial charge in [0.25, 0.3) is 0 Å². The van der Waals surface area contributed by atoms with Crippen LogP contribution in [0.15, 0.2) is 60.7 Å². The molecule has 0 aromatic heterocycles. The van der Waals surface area contributed by atoms with E-state index in [0.29, 0.717) is 0 Å². The quantitative estimate of drug-likeness (QED) is 0.488. The Kier molecular flexibility index (Phi) is 1.54. The molecule has 3 aromatic rings. The van der Waals surface area contributed by atoms with E-state index in [1.165, 1.54) is 21.5 Å². The van der Waals surface area contributed by atoms with Gasteiger partial charge in [0.15, 0.2) is 0 Å². The SMILES string of the molecule is c1ccc2ccc3ccccc(c1)c23. The maximum atomic E-state index is 2.18. The summed E-state index contributed by atoms with van der Waals surface area (Å²) in [6.45, 7) is 0. The van der Waals surface area contributed by atoms with Crippen LogP contribution in [0, 0.1) is 0 Å². The molecule has 3 rings (SSSR count). The maximum Gasteiger partial charge on any atom is -0.00389 e. The third-order valence-corrected chi connectivity index (χ3v) is 2.63. The maximum absolute atomic E-state index is 2.18. The molecular formula is C14H10. The molecular weight excluding hydrogens is 168 g/mol. The van der Waals surface area contributed by atoms with Crippen molar-refractivity contribution in [1.82, 2.24) is 0 Å². The summed E-state index contributed by atoms with van der Waals surface area (Å²) in [5.41, 5.74) is 0. The molecule has 0 heterocycles. The van der Waals surface area contributed by atoms with Crippen molar-refractivity contribution in [2.45, 2.75) is 0 Å². The standard InChI is InChI=1S/C14H10/c1-3-7-12-9-10-13-8-4-2-6-11(5-1)14(12)13/h1-10H. The van der Waals surface area contributed by atoms with Crippen molar-refractivity contribution in [3.63, 3.8) is 0 Å². The van der Waals surface area contributed by atoms with Crippen LogP contribution < -0.4 is 0 Å². The molecule has 0 unspecified atom stereocenters. The Hall–Kier alpha value is -1.82. The van der Waals surface area contributed by atoms with Gasteiger partial charge in [-0.15, -0.1) is 0 Å². The van der Waals surface area contributed by atoms with E-state index in [2.05, 4.69) is 60.7 Å². The molecule has 0 atom stereocenters. The van der Waals surface area contributed by atoms with Crippen molar-refractivity contribution < 1.29 is 0 Å². The summed E-state index contributed by atoms with van der Waals surface area (Å²) < 4.78 is 0. The summed E-state index contributed by atoms with van der Waals surface area (Å²) >= 11 is 0. The van der Waals surface area contributed by atoms with Crippen LogP contribution in [-0.2, 0) is 0 Å². The van der Waals surface area contributed by atoms with Gasteiger partial charge in [0.05, 0.1) is 0 Å². The Bertz CT molecular complexity index is 544. The molecule has 0 saturated heterocycles. The van der Waals surface area contributed by atoms with Crippen molar-refractivity contribution in [1.29, 1.82) is 0 Å². The Morgan fingerprint density at radius 3 is 1.21 bits per heavy atom. The first-order chi connectivity index (χ1) is 6.95. The summed E-state index contributed by atoms with van der Waals surface area (Å²) in [6.07, 6.45) is 0. The highest BCUT2D eigenvalue weighted by atomic mass is 14.0. The van der Waals surface area contributed by atoms with E-state index >= 15 is 0 Å². The van der Waals surface area contributed by atoms with E-state index in [9.17, 15) is 0 Å². The molecule has 0 fully saturated rings. The van der Waals surface area contributed by atoms with Gasteiger partial charge in [-0.05, 0) is 21.5 Å².